The zero-order chi connectivity index (χ0) is 14.5. The summed E-state index contributed by atoms with van der Waals surface area (Å²) in [6.45, 7) is 2.73. The summed E-state index contributed by atoms with van der Waals surface area (Å²) < 4.78 is 12.9. The zero-order valence-corrected chi connectivity index (χ0v) is 12.3. The Bertz CT molecular complexity index is 440. The molecule has 1 heterocycles. The highest BCUT2D eigenvalue weighted by Gasteiger charge is 2.38. The van der Waals surface area contributed by atoms with Gasteiger partial charge in [0, 0.05) is 6.54 Å². The van der Waals surface area contributed by atoms with E-state index in [1.807, 2.05) is 0 Å². The van der Waals surface area contributed by atoms with Crippen molar-refractivity contribution in [2.45, 2.75) is 50.4 Å². The van der Waals surface area contributed by atoms with Gasteiger partial charge in [-0.2, -0.15) is 0 Å². The van der Waals surface area contributed by atoms with Gasteiger partial charge in [0.1, 0.15) is 17.6 Å². The Balaban J connectivity index is 2.10. The molecule has 5 heteroatoms. The van der Waals surface area contributed by atoms with Gasteiger partial charge in [-0.05, 0) is 24.1 Å². The molecule has 1 saturated heterocycles. The molecule has 0 bridgehead atoms. The van der Waals surface area contributed by atoms with Crippen LogP contribution < -0.4 is 5.32 Å². The van der Waals surface area contributed by atoms with Crippen molar-refractivity contribution in [1.29, 1.82) is 0 Å². The number of hydrogen-bond donors (Lipinski definition) is 1. The lowest BCUT2D eigenvalue weighted by Crippen LogP contribution is -2.39. The fourth-order valence-electron chi connectivity index (χ4n) is 2.56. The van der Waals surface area contributed by atoms with Crippen LogP contribution in [0.4, 0.5) is 4.39 Å². The zero-order valence-electron chi connectivity index (χ0n) is 11.6. The molecule has 3 unspecified atom stereocenters. The summed E-state index contributed by atoms with van der Waals surface area (Å²) in [7, 11) is 0. The van der Waals surface area contributed by atoms with Crippen LogP contribution in [0.25, 0.3) is 0 Å². The average Bonchev–Trinajstić information content (AvgIpc) is 2.74. The lowest BCUT2D eigenvalue weighted by atomic mass is 10.1. The van der Waals surface area contributed by atoms with Gasteiger partial charge in [-0.15, -0.1) is 11.6 Å². The van der Waals surface area contributed by atoms with Gasteiger partial charge in [-0.3, -0.25) is 10.2 Å². The molecule has 0 spiro atoms. The van der Waals surface area contributed by atoms with Crippen molar-refractivity contribution in [3.63, 3.8) is 0 Å². The Morgan fingerprint density at radius 1 is 1.40 bits per heavy atom. The average molecular weight is 299 g/mol. The summed E-state index contributed by atoms with van der Waals surface area (Å²) in [4.78, 5) is 13.3. The van der Waals surface area contributed by atoms with E-state index in [2.05, 4.69) is 17.1 Å². The number of aldehydes is 1. The van der Waals surface area contributed by atoms with Gasteiger partial charge in [0.25, 0.3) is 0 Å². The minimum absolute atomic E-state index is 0.0951. The van der Waals surface area contributed by atoms with E-state index in [4.69, 9.17) is 11.6 Å². The Hall–Kier alpha value is -0.970. The minimum atomic E-state index is -0.366. The van der Waals surface area contributed by atoms with Gasteiger partial charge in [-0.25, -0.2) is 4.39 Å². The van der Waals surface area contributed by atoms with Gasteiger partial charge in [0.2, 0.25) is 0 Å². The molecule has 3 nitrogen and oxygen atoms in total. The van der Waals surface area contributed by atoms with Gasteiger partial charge in [-0.1, -0.05) is 31.9 Å². The molecule has 0 radical (unpaired) electrons. The molecule has 0 saturated carbocycles. The van der Waals surface area contributed by atoms with Gasteiger partial charge in [0.05, 0.1) is 12.2 Å². The van der Waals surface area contributed by atoms with E-state index in [9.17, 15) is 9.18 Å². The van der Waals surface area contributed by atoms with Gasteiger partial charge < -0.3 is 4.79 Å². The number of benzene rings is 1. The molecule has 110 valence electrons. The van der Waals surface area contributed by atoms with Crippen molar-refractivity contribution in [3.05, 3.63) is 35.6 Å². The standard InChI is InChI=1S/C15H20ClFN2O/c1-2-3-4-14-18-15(16)13(10-20)19(14)9-11-5-7-12(17)8-6-11/h5-8,10,13-15,18H,2-4,9H2,1H3. The van der Waals surface area contributed by atoms with Crippen LogP contribution >= 0.6 is 11.6 Å². The second-order valence-corrected chi connectivity index (χ2v) is 5.62. The summed E-state index contributed by atoms with van der Waals surface area (Å²) in [5.74, 6) is -0.252. The molecule has 2 rings (SSSR count). The number of hydrogen-bond acceptors (Lipinski definition) is 3. The molecule has 3 atom stereocenters. The molecular weight excluding hydrogens is 279 g/mol. The number of unbranched alkanes of at least 4 members (excludes halogenated alkanes) is 1. The smallest absolute Gasteiger partial charge is 0.140 e. The first-order valence-corrected chi connectivity index (χ1v) is 7.45. The maximum atomic E-state index is 12.9. The van der Waals surface area contributed by atoms with Crippen LogP contribution in [-0.4, -0.2) is 28.9 Å². The van der Waals surface area contributed by atoms with Crippen LogP contribution in [0.5, 0.6) is 0 Å². The van der Waals surface area contributed by atoms with E-state index in [1.165, 1.54) is 12.1 Å². The lowest BCUT2D eigenvalue weighted by molar-refractivity contribution is -0.112. The first-order chi connectivity index (χ1) is 9.65. The molecule has 1 aromatic rings. The Labute approximate surface area is 124 Å². The van der Waals surface area contributed by atoms with E-state index in [0.717, 1.165) is 31.1 Å². The summed E-state index contributed by atoms with van der Waals surface area (Å²) >= 11 is 6.19. The molecular formula is C15H20ClFN2O. The van der Waals surface area contributed by atoms with Crippen molar-refractivity contribution < 1.29 is 9.18 Å². The van der Waals surface area contributed by atoms with E-state index >= 15 is 0 Å². The van der Waals surface area contributed by atoms with E-state index in [1.54, 1.807) is 12.1 Å². The molecule has 20 heavy (non-hydrogen) atoms. The number of halogens is 2. The normalized spacial score (nSPS) is 26.9. The fraction of sp³-hybridized carbons (Fsp3) is 0.533. The van der Waals surface area contributed by atoms with Gasteiger partial charge >= 0.3 is 0 Å². The van der Waals surface area contributed by atoms with Crippen LogP contribution in [0.15, 0.2) is 24.3 Å². The lowest BCUT2D eigenvalue weighted by Gasteiger charge is -2.26. The first kappa shape index (κ1) is 15.4. The maximum absolute atomic E-state index is 12.9. The molecule has 1 aromatic carbocycles. The van der Waals surface area contributed by atoms with Crippen molar-refractivity contribution in [2.24, 2.45) is 0 Å². The third-order valence-electron chi connectivity index (χ3n) is 3.68. The van der Waals surface area contributed by atoms with E-state index < -0.39 is 0 Å². The van der Waals surface area contributed by atoms with Crippen molar-refractivity contribution >= 4 is 17.9 Å². The topological polar surface area (TPSA) is 32.3 Å². The van der Waals surface area contributed by atoms with Crippen molar-refractivity contribution in [2.75, 3.05) is 0 Å². The highest BCUT2D eigenvalue weighted by molar-refractivity contribution is 6.22. The summed E-state index contributed by atoms with van der Waals surface area (Å²) in [5.41, 5.74) is 0.613. The van der Waals surface area contributed by atoms with Crippen molar-refractivity contribution in [3.8, 4) is 0 Å². The third kappa shape index (κ3) is 3.57. The molecule has 0 amide bonds. The molecule has 0 aromatic heterocycles. The predicted molar refractivity (Wildman–Crippen MR) is 77.9 cm³/mol. The number of nitrogens with zero attached hydrogens (tertiary/aromatic N) is 1. The SMILES string of the molecule is CCCCC1NC(Cl)C(C=O)N1Cc1ccc(F)cc1. The van der Waals surface area contributed by atoms with E-state index in [0.29, 0.717) is 6.54 Å². The second kappa shape index (κ2) is 7.16. The number of carbonyl (C=O) groups excluding carboxylic acids is 1. The Kier molecular flexibility index (Phi) is 5.52. The number of nitrogens with one attached hydrogen (secondary N) is 1. The van der Waals surface area contributed by atoms with Crippen LogP contribution in [0, 0.1) is 5.82 Å². The van der Waals surface area contributed by atoms with Crippen LogP contribution in [0.1, 0.15) is 31.7 Å². The highest BCUT2D eigenvalue weighted by atomic mass is 35.5. The van der Waals surface area contributed by atoms with Gasteiger partial charge in [0.15, 0.2) is 0 Å². The third-order valence-corrected chi connectivity index (χ3v) is 4.07. The summed E-state index contributed by atoms with van der Waals surface area (Å²) in [5, 5.41) is 3.26. The van der Waals surface area contributed by atoms with Crippen LogP contribution in [-0.2, 0) is 11.3 Å². The van der Waals surface area contributed by atoms with E-state index in [-0.39, 0.29) is 23.5 Å². The summed E-state index contributed by atoms with van der Waals surface area (Å²) in [6.07, 6.45) is 4.11. The predicted octanol–water partition coefficient (Wildman–Crippen LogP) is 2.88. The summed E-state index contributed by atoms with van der Waals surface area (Å²) in [6, 6.07) is 6.02. The molecule has 1 aliphatic rings. The first-order valence-electron chi connectivity index (χ1n) is 7.01. The number of rotatable bonds is 6. The Morgan fingerprint density at radius 2 is 2.10 bits per heavy atom. The fourth-order valence-corrected chi connectivity index (χ4v) is 2.91. The van der Waals surface area contributed by atoms with Crippen LogP contribution in [0.2, 0.25) is 0 Å². The second-order valence-electron chi connectivity index (χ2n) is 5.15. The quantitative estimate of drug-likeness (QED) is 0.498. The molecule has 1 aliphatic heterocycles. The maximum Gasteiger partial charge on any atom is 0.140 e. The highest BCUT2D eigenvalue weighted by Crippen LogP contribution is 2.24. The minimum Gasteiger partial charge on any atom is -0.302 e. The van der Waals surface area contributed by atoms with Crippen LogP contribution in [0.3, 0.4) is 0 Å². The largest absolute Gasteiger partial charge is 0.302 e. The Morgan fingerprint density at radius 3 is 2.70 bits per heavy atom. The molecule has 0 aliphatic carbocycles. The molecule has 1 N–H and O–H groups in total. The monoisotopic (exact) mass is 298 g/mol. The van der Waals surface area contributed by atoms with Crippen molar-refractivity contribution in [1.82, 2.24) is 10.2 Å². The number of carbonyl (C=O) groups is 1. The number of alkyl halides is 1. The molecule has 1 fully saturated rings.